The number of sulfone groups is 1. The van der Waals surface area contributed by atoms with Gasteiger partial charge in [-0.15, -0.1) is 0 Å². The Morgan fingerprint density at radius 2 is 2.04 bits per heavy atom. The van der Waals surface area contributed by atoms with Gasteiger partial charge in [-0.1, -0.05) is 19.1 Å². The van der Waals surface area contributed by atoms with Crippen LogP contribution in [0.15, 0.2) is 24.3 Å². The molecule has 1 aromatic rings. The molecule has 1 aliphatic rings. The van der Waals surface area contributed by atoms with Gasteiger partial charge in [0.25, 0.3) is 5.91 Å². The highest BCUT2D eigenvalue weighted by Gasteiger charge is 2.34. The summed E-state index contributed by atoms with van der Waals surface area (Å²) < 4.78 is 28.4. The first kappa shape index (κ1) is 21.0. The lowest BCUT2D eigenvalue weighted by molar-refractivity contribution is -0.127. The van der Waals surface area contributed by atoms with Crippen LogP contribution in [-0.2, 0) is 14.6 Å². The Balaban J connectivity index is 2.10. The maximum absolute atomic E-state index is 12.8. The minimum absolute atomic E-state index is 0.00378. The lowest BCUT2D eigenvalue weighted by Crippen LogP contribution is -2.54. The Kier molecular flexibility index (Phi) is 7.06. The van der Waals surface area contributed by atoms with Crippen LogP contribution in [0.1, 0.15) is 26.7 Å². The zero-order valence-electron chi connectivity index (χ0n) is 15.9. The zero-order chi connectivity index (χ0) is 20.0. The van der Waals surface area contributed by atoms with Crippen molar-refractivity contribution in [3.8, 4) is 5.75 Å². The molecule has 2 atom stereocenters. The summed E-state index contributed by atoms with van der Waals surface area (Å²) in [6.45, 7) is 4.32. The molecule has 0 unspecified atom stereocenters. The fourth-order valence-corrected chi connectivity index (χ4v) is 3.46. The average Bonchev–Trinajstić information content (AvgIpc) is 2.62. The lowest BCUT2D eigenvalue weighted by Gasteiger charge is -2.34. The molecule has 0 aliphatic carbocycles. The second-order valence-electron chi connectivity index (χ2n) is 6.74. The molecule has 1 aliphatic heterocycles. The van der Waals surface area contributed by atoms with E-state index in [9.17, 15) is 18.0 Å². The van der Waals surface area contributed by atoms with Gasteiger partial charge in [0, 0.05) is 18.8 Å². The molecule has 2 rings (SSSR count). The molecule has 1 aromatic carbocycles. The number of hydrogen-bond acceptors (Lipinski definition) is 5. The van der Waals surface area contributed by atoms with Crippen LogP contribution in [0.4, 0.5) is 10.5 Å². The van der Waals surface area contributed by atoms with Crippen molar-refractivity contribution in [3.63, 3.8) is 0 Å². The number of hydrogen-bond donors (Lipinski definition) is 2. The highest BCUT2D eigenvalue weighted by atomic mass is 32.2. The van der Waals surface area contributed by atoms with Gasteiger partial charge in [-0.2, -0.15) is 0 Å². The van der Waals surface area contributed by atoms with Crippen LogP contribution < -0.4 is 20.3 Å². The largest absolute Gasteiger partial charge is 0.477 e. The number of fused-ring (bicyclic) bond motifs is 1. The van der Waals surface area contributed by atoms with E-state index in [1.54, 1.807) is 31.2 Å². The molecule has 0 saturated heterocycles. The van der Waals surface area contributed by atoms with Crippen molar-refractivity contribution < 1.29 is 22.7 Å². The van der Waals surface area contributed by atoms with Crippen molar-refractivity contribution in [3.05, 3.63) is 24.3 Å². The molecule has 0 fully saturated rings. The Morgan fingerprint density at radius 1 is 1.33 bits per heavy atom. The van der Waals surface area contributed by atoms with E-state index in [-0.39, 0.29) is 30.3 Å². The van der Waals surface area contributed by atoms with Gasteiger partial charge >= 0.3 is 6.03 Å². The van der Waals surface area contributed by atoms with Crippen molar-refractivity contribution in [2.45, 2.75) is 38.8 Å². The molecule has 0 aromatic heterocycles. The van der Waals surface area contributed by atoms with Crippen LogP contribution in [0.5, 0.6) is 5.75 Å². The maximum atomic E-state index is 12.8. The Bertz CT molecular complexity index is 781. The van der Waals surface area contributed by atoms with Crippen LogP contribution in [0.3, 0.4) is 0 Å². The number of nitrogens with one attached hydrogen (secondary N) is 2. The Hall–Kier alpha value is -2.29. The second-order valence-corrected chi connectivity index (χ2v) is 9.00. The van der Waals surface area contributed by atoms with E-state index < -0.39 is 15.9 Å². The number of ether oxygens (including phenoxy) is 1. The third-order valence-corrected chi connectivity index (χ3v) is 5.13. The molecular formula is C18H27N3O5S. The highest BCUT2D eigenvalue weighted by molar-refractivity contribution is 7.90. The number of carbonyl (C=O) groups is 2. The monoisotopic (exact) mass is 397 g/mol. The molecule has 27 heavy (non-hydrogen) atoms. The minimum atomic E-state index is -3.10. The van der Waals surface area contributed by atoms with Crippen molar-refractivity contribution in [2.24, 2.45) is 0 Å². The van der Waals surface area contributed by atoms with Crippen molar-refractivity contribution in [1.29, 1.82) is 0 Å². The van der Waals surface area contributed by atoms with E-state index in [0.29, 0.717) is 24.4 Å². The topological polar surface area (TPSA) is 105 Å². The third kappa shape index (κ3) is 6.13. The van der Waals surface area contributed by atoms with Gasteiger partial charge in [-0.25, -0.2) is 13.2 Å². The number of anilines is 1. The summed E-state index contributed by atoms with van der Waals surface area (Å²) in [5, 5.41) is 5.58. The molecule has 0 saturated carbocycles. The molecule has 0 spiro atoms. The van der Waals surface area contributed by atoms with Gasteiger partial charge < -0.3 is 15.4 Å². The van der Waals surface area contributed by atoms with E-state index in [2.05, 4.69) is 10.6 Å². The minimum Gasteiger partial charge on any atom is -0.477 e. The molecule has 3 amide bonds. The SMILES string of the molecule is CCCNC(=O)[C@@H]1CN(C(=O)N[C@H](C)CCS(C)(=O)=O)c2ccccc2O1. The average molecular weight is 397 g/mol. The Labute approximate surface area is 160 Å². The van der Waals surface area contributed by atoms with Gasteiger partial charge in [-0.3, -0.25) is 9.69 Å². The standard InChI is InChI=1S/C18H27N3O5S/c1-4-10-19-17(22)16-12-21(14-7-5-6-8-15(14)26-16)18(23)20-13(2)9-11-27(3,24)25/h5-8,13,16H,4,9-12H2,1-3H3,(H,19,22)(H,20,23)/t13-,16+/m1/s1. The molecular weight excluding hydrogens is 370 g/mol. The smallest absolute Gasteiger partial charge is 0.322 e. The van der Waals surface area contributed by atoms with Crippen molar-refractivity contribution in [1.82, 2.24) is 10.6 Å². The van der Waals surface area contributed by atoms with Crippen LogP contribution in [0.25, 0.3) is 0 Å². The summed E-state index contributed by atoms with van der Waals surface area (Å²) >= 11 is 0. The van der Waals surface area contributed by atoms with E-state index in [0.717, 1.165) is 6.42 Å². The first-order valence-corrected chi connectivity index (χ1v) is 11.1. The number of nitrogens with zero attached hydrogens (tertiary/aromatic N) is 1. The molecule has 9 heteroatoms. The normalized spacial score (nSPS) is 17.4. The van der Waals surface area contributed by atoms with Crippen molar-refractivity contribution >= 4 is 27.5 Å². The fourth-order valence-electron chi connectivity index (χ4n) is 2.68. The number of amides is 3. The van der Waals surface area contributed by atoms with Gasteiger partial charge in [0.2, 0.25) is 0 Å². The van der Waals surface area contributed by atoms with Crippen LogP contribution >= 0.6 is 0 Å². The van der Waals surface area contributed by atoms with E-state index >= 15 is 0 Å². The summed E-state index contributed by atoms with van der Waals surface area (Å²) in [6, 6.07) is 6.30. The molecule has 0 bridgehead atoms. The number of para-hydroxylation sites is 2. The first-order chi connectivity index (χ1) is 12.7. The number of carbonyl (C=O) groups excluding carboxylic acids is 2. The van der Waals surface area contributed by atoms with Crippen molar-refractivity contribution in [2.75, 3.05) is 30.0 Å². The number of benzene rings is 1. The van der Waals surface area contributed by atoms with Crippen LogP contribution in [-0.4, -0.2) is 57.6 Å². The number of rotatable bonds is 7. The first-order valence-electron chi connectivity index (χ1n) is 9.00. The van der Waals surface area contributed by atoms with Crippen LogP contribution in [0, 0.1) is 0 Å². The van der Waals surface area contributed by atoms with Gasteiger partial charge in [0.15, 0.2) is 6.10 Å². The number of urea groups is 1. The summed E-state index contributed by atoms with van der Waals surface area (Å²) in [4.78, 5) is 26.5. The summed E-state index contributed by atoms with van der Waals surface area (Å²) in [5.41, 5.74) is 0.574. The van der Waals surface area contributed by atoms with Crippen LogP contribution in [0.2, 0.25) is 0 Å². The molecule has 0 radical (unpaired) electrons. The molecule has 1 heterocycles. The van der Waals surface area contributed by atoms with Gasteiger partial charge in [0.05, 0.1) is 18.0 Å². The predicted octanol–water partition coefficient (Wildman–Crippen LogP) is 1.31. The molecule has 150 valence electrons. The van der Waals surface area contributed by atoms with Gasteiger partial charge in [-0.05, 0) is 31.9 Å². The van der Waals surface area contributed by atoms with E-state index in [4.69, 9.17) is 4.74 Å². The summed E-state index contributed by atoms with van der Waals surface area (Å²) in [5.74, 6) is 0.185. The molecule has 8 nitrogen and oxygen atoms in total. The highest BCUT2D eigenvalue weighted by Crippen LogP contribution is 2.33. The summed E-state index contributed by atoms with van der Waals surface area (Å²) in [7, 11) is -3.10. The Morgan fingerprint density at radius 3 is 2.70 bits per heavy atom. The predicted molar refractivity (Wildman–Crippen MR) is 104 cm³/mol. The fraction of sp³-hybridized carbons (Fsp3) is 0.556. The molecule has 2 N–H and O–H groups in total. The lowest BCUT2D eigenvalue weighted by atomic mass is 10.2. The van der Waals surface area contributed by atoms with E-state index in [1.807, 2.05) is 6.92 Å². The quantitative estimate of drug-likeness (QED) is 0.722. The second kappa shape index (κ2) is 9.07. The summed E-state index contributed by atoms with van der Waals surface area (Å²) in [6.07, 6.45) is 1.48. The van der Waals surface area contributed by atoms with Gasteiger partial charge in [0.1, 0.15) is 15.6 Å². The zero-order valence-corrected chi connectivity index (χ0v) is 16.7. The third-order valence-electron chi connectivity index (χ3n) is 4.15. The van der Waals surface area contributed by atoms with E-state index in [1.165, 1.54) is 11.2 Å². The maximum Gasteiger partial charge on any atom is 0.322 e.